The maximum atomic E-state index is 6.08. The van der Waals surface area contributed by atoms with Gasteiger partial charge in [0.2, 0.25) is 0 Å². The highest BCUT2D eigenvalue weighted by atomic mass is 35.5. The smallest absolute Gasteiger partial charge is 0.147 e. The minimum absolute atomic E-state index is 0.509. The molecule has 7 heteroatoms. The van der Waals surface area contributed by atoms with E-state index in [2.05, 4.69) is 20.7 Å². The molecule has 0 unspecified atom stereocenters. The first-order valence-corrected chi connectivity index (χ1v) is 6.71. The van der Waals surface area contributed by atoms with Crippen LogP contribution in [0.5, 0.6) is 0 Å². The van der Waals surface area contributed by atoms with Crippen LogP contribution in [0.25, 0.3) is 0 Å². The Balaban J connectivity index is 1.88. The van der Waals surface area contributed by atoms with Gasteiger partial charge in [0.05, 0.1) is 10.0 Å². The van der Waals surface area contributed by atoms with E-state index in [9.17, 15) is 0 Å². The summed E-state index contributed by atoms with van der Waals surface area (Å²) >= 11 is 12.1. The molecular weight excluding hydrogens is 285 g/mol. The van der Waals surface area contributed by atoms with Crippen LogP contribution in [0.15, 0.2) is 24.5 Å². The molecule has 0 saturated carbocycles. The Morgan fingerprint density at radius 3 is 2.74 bits per heavy atom. The van der Waals surface area contributed by atoms with E-state index in [-0.39, 0.29) is 0 Å². The zero-order chi connectivity index (χ0) is 13.7. The van der Waals surface area contributed by atoms with Crippen molar-refractivity contribution in [3.8, 4) is 0 Å². The average molecular weight is 300 g/mol. The van der Waals surface area contributed by atoms with Crippen molar-refractivity contribution < 1.29 is 0 Å². The number of aromatic nitrogens is 3. The highest BCUT2D eigenvalue weighted by Crippen LogP contribution is 2.28. The van der Waals surface area contributed by atoms with Gasteiger partial charge >= 0.3 is 0 Å². The number of halogens is 2. The molecule has 5 nitrogen and oxygen atoms in total. The molecule has 0 amide bonds. The van der Waals surface area contributed by atoms with Crippen molar-refractivity contribution in [3.63, 3.8) is 0 Å². The van der Waals surface area contributed by atoms with Gasteiger partial charge in [-0.25, -0.2) is 4.98 Å². The van der Waals surface area contributed by atoms with Crippen LogP contribution in [0, 0.1) is 0 Å². The van der Waals surface area contributed by atoms with Crippen molar-refractivity contribution in [2.24, 2.45) is 0 Å². The molecule has 0 radical (unpaired) electrons. The van der Waals surface area contributed by atoms with Crippen molar-refractivity contribution in [1.29, 1.82) is 0 Å². The lowest BCUT2D eigenvalue weighted by molar-refractivity contribution is 0.591. The van der Waals surface area contributed by atoms with Crippen LogP contribution in [0.1, 0.15) is 6.42 Å². The number of nitrogens with zero attached hydrogens (tertiary/aromatic N) is 3. The predicted molar refractivity (Wildman–Crippen MR) is 79.1 cm³/mol. The second-order valence-corrected chi connectivity index (χ2v) is 4.76. The van der Waals surface area contributed by atoms with Crippen LogP contribution < -0.4 is 10.6 Å². The molecule has 0 aliphatic rings. The Morgan fingerprint density at radius 2 is 2.05 bits per heavy atom. The molecule has 0 spiro atoms. The fourth-order valence-electron chi connectivity index (χ4n) is 1.65. The molecule has 0 bridgehead atoms. The van der Waals surface area contributed by atoms with Crippen molar-refractivity contribution in [3.05, 3.63) is 34.6 Å². The van der Waals surface area contributed by atoms with Gasteiger partial charge in [0.25, 0.3) is 0 Å². The summed E-state index contributed by atoms with van der Waals surface area (Å²) in [5.41, 5.74) is 0. The van der Waals surface area contributed by atoms with Crippen LogP contribution in [0.2, 0.25) is 10.0 Å². The van der Waals surface area contributed by atoms with Crippen molar-refractivity contribution in [1.82, 2.24) is 14.8 Å². The molecule has 2 N–H and O–H groups in total. The Bertz CT molecular complexity index is 527. The van der Waals surface area contributed by atoms with E-state index in [1.54, 1.807) is 19.3 Å². The normalized spacial score (nSPS) is 10.5. The van der Waals surface area contributed by atoms with Gasteiger partial charge in [0, 0.05) is 32.5 Å². The Kier molecular flexibility index (Phi) is 4.87. The summed E-state index contributed by atoms with van der Waals surface area (Å²) in [5.74, 6) is 1.25. The maximum Gasteiger partial charge on any atom is 0.147 e. The van der Waals surface area contributed by atoms with Crippen LogP contribution in [-0.2, 0) is 6.54 Å². The summed E-state index contributed by atoms with van der Waals surface area (Å²) < 4.78 is 1.89. The van der Waals surface area contributed by atoms with Gasteiger partial charge in [0.15, 0.2) is 0 Å². The summed E-state index contributed by atoms with van der Waals surface area (Å²) in [6.45, 7) is 1.61. The highest BCUT2D eigenvalue weighted by molar-refractivity contribution is 6.37. The summed E-state index contributed by atoms with van der Waals surface area (Å²) in [4.78, 5) is 4.32. The average Bonchev–Trinajstić information content (AvgIpc) is 2.90. The molecule has 0 saturated heterocycles. The highest BCUT2D eigenvalue weighted by Gasteiger charge is 2.07. The van der Waals surface area contributed by atoms with E-state index in [0.717, 1.165) is 19.5 Å². The Morgan fingerprint density at radius 1 is 1.26 bits per heavy atom. The second-order valence-electron chi connectivity index (χ2n) is 3.95. The van der Waals surface area contributed by atoms with Crippen molar-refractivity contribution in [2.45, 2.75) is 13.0 Å². The summed E-state index contributed by atoms with van der Waals surface area (Å²) in [6, 6.07) is 3.59. The van der Waals surface area contributed by atoms with E-state index in [4.69, 9.17) is 23.2 Å². The molecule has 0 aliphatic heterocycles. The SMILES string of the molecule is CNc1nc(NCCCn2cccn2)c(Cl)cc1Cl. The third kappa shape index (κ3) is 3.75. The van der Waals surface area contributed by atoms with E-state index >= 15 is 0 Å². The van der Waals surface area contributed by atoms with Crippen LogP contribution in [-0.4, -0.2) is 28.4 Å². The van der Waals surface area contributed by atoms with Crippen molar-refractivity contribution >= 4 is 34.8 Å². The first kappa shape index (κ1) is 14.0. The van der Waals surface area contributed by atoms with Crippen molar-refractivity contribution in [2.75, 3.05) is 24.2 Å². The Labute approximate surface area is 121 Å². The first-order valence-electron chi connectivity index (χ1n) is 5.96. The van der Waals surface area contributed by atoms with Gasteiger partial charge in [-0.2, -0.15) is 5.10 Å². The van der Waals surface area contributed by atoms with Gasteiger partial charge in [-0.1, -0.05) is 23.2 Å². The second kappa shape index (κ2) is 6.63. The van der Waals surface area contributed by atoms with E-state index < -0.39 is 0 Å². The number of aryl methyl sites for hydroxylation is 1. The zero-order valence-electron chi connectivity index (χ0n) is 10.5. The molecule has 0 aliphatic carbocycles. The lowest BCUT2D eigenvalue weighted by Crippen LogP contribution is -2.09. The standard InChI is InChI=1S/C12H15Cl2N5/c1-15-11-9(13)8-10(14)12(18-11)16-4-2-6-19-7-3-5-17-19/h3,5,7-8H,2,4,6H2,1H3,(H2,15,16,18). The van der Waals surface area contributed by atoms with Gasteiger partial charge in [-0.3, -0.25) is 4.68 Å². The topological polar surface area (TPSA) is 54.8 Å². The summed E-state index contributed by atoms with van der Waals surface area (Å²) in [7, 11) is 1.77. The maximum absolute atomic E-state index is 6.08. The number of pyridine rings is 1. The largest absolute Gasteiger partial charge is 0.372 e. The van der Waals surface area contributed by atoms with Crippen LogP contribution in [0.3, 0.4) is 0 Å². The molecule has 2 aromatic rings. The van der Waals surface area contributed by atoms with Crippen LogP contribution >= 0.6 is 23.2 Å². The quantitative estimate of drug-likeness (QED) is 0.805. The fraction of sp³-hybridized carbons (Fsp3) is 0.333. The lowest BCUT2D eigenvalue weighted by atomic mass is 10.4. The summed E-state index contributed by atoms with van der Waals surface area (Å²) in [5, 5.41) is 11.3. The number of anilines is 2. The number of hydrogen-bond acceptors (Lipinski definition) is 4. The molecule has 2 heterocycles. The molecular formula is C12H15Cl2N5. The predicted octanol–water partition coefficient (Wildman–Crippen LogP) is 3.13. The molecule has 2 aromatic heterocycles. The molecule has 0 aromatic carbocycles. The minimum atomic E-state index is 0.509. The minimum Gasteiger partial charge on any atom is -0.372 e. The van der Waals surface area contributed by atoms with E-state index in [1.807, 2.05) is 16.9 Å². The number of hydrogen-bond donors (Lipinski definition) is 2. The molecule has 0 fully saturated rings. The lowest BCUT2D eigenvalue weighted by Gasteiger charge is -2.10. The first-order chi connectivity index (χ1) is 9.20. The fourth-order valence-corrected chi connectivity index (χ4v) is 2.17. The number of nitrogens with one attached hydrogen (secondary N) is 2. The third-order valence-electron chi connectivity index (χ3n) is 2.58. The van der Waals surface area contributed by atoms with E-state index in [0.29, 0.717) is 21.7 Å². The van der Waals surface area contributed by atoms with Crippen LogP contribution in [0.4, 0.5) is 11.6 Å². The summed E-state index contributed by atoms with van der Waals surface area (Å²) in [6.07, 6.45) is 4.63. The molecule has 2 rings (SSSR count). The van der Waals surface area contributed by atoms with Gasteiger partial charge in [-0.05, 0) is 18.6 Å². The molecule has 102 valence electrons. The zero-order valence-corrected chi connectivity index (χ0v) is 12.0. The van der Waals surface area contributed by atoms with Gasteiger partial charge in [-0.15, -0.1) is 0 Å². The molecule has 19 heavy (non-hydrogen) atoms. The van der Waals surface area contributed by atoms with Gasteiger partial charge in [0.1, 0.15) is 11.6 Å². The Hall–Kier alpha value is -1.46. The monoisotopic (exact) mass is 299 g/mol. The number of rotatable bonds is 6. The van der Waals surface area contributed by atoms with E-state index in [1.165, 1.54) is 0 Å². The van der Waals surface area contributed by atoms with Gasteiger partial charge < -0.3 is 10.6 Å². The molecule has 0 atom stereocenters. The third-order valence-corrected chi connectivity index (χ3v) is 3.16.